The molecular formula is C14H23NO3. The maximum atomic E-state index is 11.2. The maximum Gasteiger partial charge on any atom is 0.373 e. The van der Waals surface area contributed by atoms with Gasteiger partial charge in [-0.05, 0) is 17.8 Å². The average molecular weight is 253 g/mol. The Balaban J connectivity index is 3.25. The van der Waals surface area contributed by atoms with Crippen molar-refractivity contribution in [1.82, 2.24) is 4.98 Å². The van der Waals surface area contributed by atoms with Crippen LogP contribution in [0.1, 0.15) is 75.5 Å². The number of aromatic carboxylic acids is 1. The molecule has 0 saturated heterocycles. The van der Waals surface area contributed by atoms with Gasteiger partial charge in [0.2, 0.25) is 5.76 Å². The van der Waals surface area contributed by atoms with Crippen molar-refractivity contribution in [2.24, 2.45) is 11.8 Å². The molecule has 0 radical (unpaired) electrons. The fourth-order valence-corrected chi connectivity index (χ4v) is 2.38. The number of aromatic nitrogens is 1. The summed E-state index contributed by atoms with van der Waals surface area (Å²) in [6.07, 6.45) is 0. The van der Waals surface area contributed by atoms with Crippen molar-refractivity contribution in [2.45, 2.75) is 53.4 Å². The van der Waals surface area contributed by atoms with E-state index in [1.165, 1.54) is 0 Å². The van der Waals surface area contributed by atoms with Crippen molar-refractivity contribution < 1.29 is 14.3 Å². The van der Waals surface area contributed by atoms with Crippen LogP contribution in [-0.4, -0.2) is 16.1 Å². The van der Waals surface area contributed by atoms with E-state index < -0.39 is 5.97 Å². The normalized spacial score (nSPS) is 12.1. The second-order valence-electron chi connectivity index (χ2n) is 5.74. The van der Waals surface area contributed by atoms with Gasteiger partial charge in [-0.2, -0.15) is 0 Å². The Morgan fingerprint density at radius 3 is 1.89 bits per heavy atom. The molecule has 4 heteroatoms. The van der Waals surface area contributed by atoms with E-state index in [4.69, 9.17) is 9.52 Å². The number of oxazole rings is 1. The van der Waals surface area contributed by atoms with Crippen LogP contribution >= 0.6 is 0 Å². The standard InChI is InChI=1S/C14H23NO3/c1-7(2)10(8(3)4)13-15-11(9(5)6)12(18-13)14(16)17/h7-10H,1-6H3,(H,16,17). The summed E-state index contributed by atoms with van der Waals surface area (Å²) in [5, 5.41) is 9.15. The summed E-state index contributed by atoms with van der Waals surface area (Å²) in [6.45, 7) is 12.3. The quantitative estimate of drug-likeness (QED) is 0.864. The summed E-state index contributed by atoms with van der Waals surface area (Å²) in [7, 11) is 0. The molecule has 4 nitrogen and oxygen atoms in total. The van der Waals surface area contributed by atoms with Crippen molar-refractivity contribution in [2.75, 3.05) is 0 Å². The summed E-state index contributed by atoms with van der Waals surface area (Å²) in [6, 6.07) is 0. The Bertz CT molecular complexity index is 411. The lowest BCUT2D eigenvalue weighted by atomic mass is 9.85. The zero-order chi connectivity index (χ0) is 14.0. The van der Waals surface area contributed by atoms with Gasteiger partial charge in [0.05, 0.1) is 5.69 Å². The summed E-state index contributed by atoms with van der Waals surface area (Å²) in [4.78, 5) is 15.6. The first-order chi connectivity index (χ1) is 8.25. The van der Waals surface area contributed by atoms with Gasteiger partial charge in [-0.15, -0.1) is 0 Å². The molecule has 0 unspecified atom stereocenters. The van der Waals surface area contributed by atoms with E-state index in [1.54, 1.807) is 0 Å². The highest BCUT2D eigenvalue weighted by atomic mass is 16.4. The molecule has 0 aliphatic rings. The van der Waals surface area contributed by atoms with Crippen LogP contribution in [0.4, 0.5) is 0 Å². The van der Waals surface area contributed by atoms with Gasteiger partial charge in [-0.3, -0.25) is 0 Å². The molecule has 1 heterocycles. The van der Waals surface area contributed by atoms with Crippen molar-refractivity contribution >= 4 is 5.97 Å². The predicted molar refractivity (Wildman–Crippen MR) is 70.0 cm³/mol. The second-order valence-corrected chi connectivity index (χ2v) is 5.74. The SMILES string of the molecule is CC(C)c1nc(C(C(C)C)C(C)C)oc1C(=O)O. The van der Waals surface area contributed by atoms with Gasteiger partial charge in [0, 0.05) is 5.92 Å². The average Bonchev–Trinajstić information content (AvgIpc) is 2.61. The second kappa shape index (κ2) is 5.55. The van der Waals surface area contributed by atoms with Crippen molar-refractivity contribution in [3.63, 3.8) is 0 Å². The molecule has 0 aromatic carbocycles. The molecule has 0 atom stereocenters. The van der Waals surface area contributed by atoms with Crippen LogP contribution in [0.15, 0.2) is 4.42 Å². The van der Waals surface area contributed by atoms with E-state index in [1.807, 2.05) is 13.8 Å². The van der Waals surface area contributed by atoms with Crippen LogP contribution in [0.3, 0.4) is 0 Å². The molecule has 0 bridgehead atoms. The first kappa shape index (κ1) is 14.7. The molecule has 1 rings (SSSR count). The van der Waals surface area contributed by atoms with Crippen LogP contribution in [0.5, 0.6) is 0 Å². The van der Waals surface area contributed by atoms with Crippen LogP contribution in [-0.2, 0) is 0 Å². The Morgan fingerprint density at radius 2 is 1.61 bits per heavy atom. The molecular weight excluding hydrogens is 230 g/mol. The Labute approximate surface area is 108 Å². The molecule has 0 amide bonds. The highest BCUT2D eigenvalue weighted by molar-refractivity contribution is 5.85. The van der Waals surface area contributed by atoms with Crippen molar-refractivity contribution in [3.05, 3.63) is 17.3 Å². The highest BCUT2D eigenvalue weighted by Gasteiger charge is 2.29. The number of hydrogen-bond acceptors (Lipinski definition) is 3. The summed E-state index contributed by atoms with van der Waals surface area (Å²) >= 11 is 0. The van der Waals surface area contributed by atoms with E-state index in [0.29, 0.717) is 23.4 Å². The smallest absolute Gasteiger partial charge is 0.373 e. The number of nitrogens with zero attached hydrogens (tertiary/aromatic N) is 1. The van der Waals surface area contributed by atoms with E-state index in [9.17, 15) is 4.79 Å². The lowest BCUT2D eigenvalue weighted by Gasteiger charge is -2.21. The van der Waals surface area contributed by atoms with E-state index >= 15 is 0 Å². The number of rotatable bonds is 5. The van der Waals surface area contributed by atoms with Crippen LogP contribution in [0.25, 0.3) is 0 Å². The van der Waals surface area contributed by atoms with Crippen molar-refractivity contribution in [3.8, 4) is 0 Å². The fraction of sp³-hybridized carbons (Fsp3) is 0.714. The van der Waals surface area contributed by atoms with E-state index in [0.717, 1.165) is 0 Å². The predicted octanol–water partition coefficient (Wildman–Crippen LogP) is 3.89. The van der Waals surface area contributed by atoms with Crippen LogP contribution in [0.2, 0.25) is 0 Å². The molecule has 1 aromatic heterocycles. The lowest BCUT2D eigenvalue weighted by Crippen LogP contribution is -2.14. The Kier molecular flexibility index (Phi) is 4.54. The number of hydrogen-bond donors (Lipinski definition) is 1. The lowest BCUT2D eigenvalue weighted by molar-refractivity contribution is 0.0655. The zero-order valence-electron chi connectivity index (χ0n) is 12.0. The van der Waals surface area contributed by atoms with E-state index in [2.05, 4.69) is 32.7 Å². The number of carbonyl (C=O) groups is 1. The molecule has 0 saturated carbocycles. The summed E-state index contributed by atoms with van der Waals surface area (Å²) in [5.41, 5.74) is 0.545. The first-order valence-corrected chi connectivity index (χ1v) is 6.49. The van der Waals surface area contributed by atoms with Crippen LogP contribution in [0, 0.1) is 11.8 Å². The topological polar surface area (TPSA) is 63.3 Å². The minimum absolute atomic E-state index is 0.00806. The molecule has 1 aromatic rings. The Morgan fingerprint density at radius 1 is 1.11 bits per heavy atom. The van der Waals surface area contributed by atoms with Gasteiger partial charge in [-0.1, -0.05) is 41.5 Å². The Hall–Kier alpha value is -1.32. The highest BCUT2D eigenvalue weighted by Crippen LogP contribution is 2.33. The maximum absolute atomic E-state index is 11.2. The third-order valence-electron chi connectivity index (χ3n) is 3.13. The molecule has 18 heavy (non-hydrogen) atoms. The third kappa shape index (κ3) is 2.92. The van der Waals surface area contributed by atoms with Crippen molar-refractivity contribution in [1.29, 1.82) is 0 Å². The fourth-order valence-electron chi connectivity index (χ4n) is 2.38. The van der Waals surface area contributed by atoms with Gasteiger partial charge in [0.1, 0.15) is 0 Å². The summed E-state index contributed by atoms with van der Waals surface area (Å²) in [5.74, 6) is 0.441. The van der Waals surface area contributed by atoms with Gasteiger partial charge in [-0.25, -0.2) is 9.78 Å². The molecule has 0 aliphatic carbocycles. The number of carboxylic acids is 1. The zero-order valence-corrected chi connectivity index (χ0v) is 12.0. The van der Waals surface area contributed by atoms with E-state index in [-0.39, 0.29) is 17.6 Å². The molecule has 1 N–H and O–H groups in total. The summed E-state index contributed by atoms with van der Waals surface area (Å²) < 4.78 is 5.51. The largest absolute Gasteiger partial charge is 0.475 e. The minimum atomic E-state index is -1.04. The third-order valence-corrected chi connectivity index (χ3v) is 3.13. The minimum Gasteiger partial charge on any atom is -0.475 e. The molecule has 102 valence electrons. The van der Waals surface area contributed by atoms with Gasteiger partial charge >= 0.3 is 5.97 Å². The van der Waals surface area contributed by atoms with Gasteiger partial charge in [0.15, 0.2) is 5.89 Å². The first-order valence-electron chi connectivity index (χ1n) is 6.49. The van der Waals surface area contributed by atoms with Gasteiger partial charge in [0.25, 0.3) is 0 Å². The molecule has 0 fully saturated rings. The number of carboxylic acid groups (broad SMARTS) is 1. The molecule has 0 aliphatic heterocycles. The van der Waals surface area contributed by atoms with Crippen LogP contribution < -0.4 is 0 Å². The monoisotopic (exact) mass is 253 g/mol. The molecule has 0 spiro atoms. The van der Waals surface area contributed by atoms with Gasteiger partial charge < -0.3 is 9.52 Å².